The molecule has 0 aromatic carbocycles. The van der Waals surface area contributed by atoms with Crippen molar-refractivity contribution < 1.29 is 14.3 Å². The molecule has 8 heteroatoms. The van der Waals surface area contributed by atoms with Crippen molar-refractivity contribution in [1.82, 2.24) is 19.7 Å². The van der Waals surface area contributed by atoms with E-state index in [0.29, 0.717) is 24.7 Å². The van der Waals surface area contributed by atoms with Crippen molar-refractivity contribution in [1.29, 1.82) is 0 Å². The molecule has 3 heterocycles. The molecule has 2 aromatic rings. The minimum Gasteiger partial charge on any atom is -0.461 e. The first-order chi connectivity index (χ1) is 12.2. The number of rotatable bonds is 5. The molecule has 2 N–H and O–H groups in total. The molecule has 0 bridgehead atoms. The summed E-state index contributed by atoms with van der Waals surface area (Å²) in [6, 6.07) is 0. The molecule has 1 unspecified atom stereocenters. The highest BCUT2D eigenvalue weighted by molar-refractivity contribution is 5.96. The lowest BCUT2D eigenvalue weighted by atomic mass is 9.97. The SMILES string of the molecule is CCOC(=O)c1[nH]nc(NC(=O)C2CCc3cncn3C2)c1C1CC1. The summed E-state index contributed by atoms with van der Waals surface area (Å²) in [5, 5.41) is 9.84. The maximum absolute atomic E-state index is 12.7. The van der Waals surface area contributed by atoms with Gasteiger partial charge in [-0.25, -0.2) is 9.78 Å². The topological polar surface area (TPSA) is 102 Å². The van der Waals surface area contributed by atoms with Gasteiger partial charge in [-0.2, -0.15) is 5.10 Å². The van der Waals surface area contributed by atoms with Crippen LogP contribution in [0.5, 0.6) is 0 Å². The van der Waals surface area contributed by atoms with Crippen LogP contribution in [0.25, 0.3) is 0 Å². The molecule has 2 aliphatic rings. The van der Waals surface area contributed by atoms with E-state index in [1.165, 1.54) is 0 Å². The summed E-state index contributed by atoms with van der Waals surface area (Å²) in [6.45, 7) is 2.69. The molecule has 1 aliphatic carbocycles. The highest BCUT2D eigenvalue weighted by Gasteiger charge is 2.35. The average molecular weight is 343 g/mol. The van der Waals surface area contributed by atoms with E-state index < -0.39 is 5.97 Å². The summed E-state index contributed by atoms with van der Waals surface area (Å²) in [6.07, 6.45) is 7.22. The highest BCUT2D eigenvalue weighted by Crippen LogP contribution is 2.44. The molecule has 0 spiro atoms. The van der Waals surface area contributed by atoms with Gasteiger partial charge in [-0.3, -0.25) is 9.89 Å². The van der Waals surface area contributed by atoms with Gasteiger partial charge in [0.05, 0.1) is 18.9 Å². The second kappa shape index (κ2) is 6.34. The molecular weight excluding hydrogens is 322 g/mol. The maximum atomic E-state index is 12.7. The molecule has 1 fully saturated rings. The third kappa shape index (κ3) is 3.04. The summed E-state index contributed by atoms with van der Waals surface area (Å²) in [7, 11) is 0. The van der Waals surface area contributed by atoms with Crippen LogP contribution in [-0.2, 0) is 22.5 Å². The third-order valence-corrected chi connectivity index (χ3v) is 4.85. The van der Waals surface area contributed by atoms with E-state index in [2.05, 4.69) is 20.5 Å². The lowest BCUT2D eigenvalue weighted by Gasteiger charge is -2.23. The van der Waals surface area contributed by atoms with Crippen LogP contribution in [0.1, 0.15) is 53.8 Å². The molecule has 0 radical (unpaired) electrons. The largest absolute Gasteiger partial charge is 0.461 e. The highest BCUT2D eigenvalue weighted by atomic mass is 16.5. The number of amides is 1. The number of aromatic amines is 1. The minimum absolute atomic E-state index is 0.0665. The summed E-state index contributed by atoms with van der Waals surface area (Å²) in [5.74, 6) is 0.116. The first-order valence-electron chi connectivity index (χ1n) is 8.72. The third-order valence-electron chi connectivity index (χ3n) is 4.85. The van der Waals surface area contributed by atoms with Gasteiger partial charge < -0.3 is 14.6 Å². The van der Waals surface area contributed by atoms with Gasteiger partial charge in [-0.15, -0.1) is 0 Å². The van der Waals surface area contributed by atoms with Crippen LogP contribution in [0.4, 0.5) is 5.82 Å². The lowest BCUT2D eigenvalue weighted by molar-refractivity contribution is -0.120. The number of H-pyrrole nitrogens is 1. The van der Waals surface area contributed by atoms with Crippen molar-refractivity contribution in [2.24, 2.45) is 5.92 Å². The number of hydrogen-bond acceptors (Lipinski definition) is 5. The maximum Gasteiger partial charge on any atom is 0.356 e. The molecule has 1 amide bonds. The Morgan fingerprint density at radius 2 is 2.24 bits per heavy atom. The molecule has 8 nitrogen and oxygen atoms in total. The Morgan fingerprint density at radius 1 is 1.40 bits per heavy atom. The van der Waals surface area contributed by atoms with E-state index >= 15 is 0 Å². The second-order valence-corrected chi connectivity index (χ2v) is 6.62. The Balaban J connectivity index is 1.51. The van der Waals surface area contributed by atoms with Crippen molar-refractivity contribution in [3.63, 3.8) is 0 Å². The van der Waals surface area contributed by atoms with Gasteiger partial charge in [0.1, 0.15) is 5.69 Å². The molecule has 1 saturated carbocycles. The molecule has 25 heavy (non-hydrogen) atoms. The molecule has 1 aliphatic heterocycles. The Morgan fingerprint density at radius 3 is 3.00 bits per heavy atom. The number of aryl methyl sites for hydroxylation is 1. The predicted octanol–water partition coefficient (Wildman–Crippen LogP) is 1.86. The molecule has 4 rings (SSSR count). The molecule has 2 aromatic heterocycles. The second-order valence-electron chi connectivity index (χ2n) is 6.62. The van der Waals surface area contributed by atoms with Crippen molar-refractivity contribution in [2.45, 2.75) is 45.1 Å². The number of imidazole rings is 1. The van der Waals surface area contributed by atoms with E-state index in [1.807, 2.05) is 10.8 Å². The number of fused-ring (bicyclic) bond motifs is 1. The minimum atomic E-state index is -0.418. The average Bonchev–Trinajstić information content (AvgIpc) is 3.18. The number of esters is 1. The van der Waals surface area contributed by atoms with Crippen LogP contribution in [0.3, 0.4) is 0 Å². The predicted molar refractivity (Wildman–Crippen MR) is 89.2 cm³/mol. The van der Waals surface area contributed by atoms with Gasteiger partial charge in [-0.05, 0) is 38.5 Å². The van der Waals surface area contributed by atoms with E-state index in [9.17, 15) is 9.59 Å². The van der Waals surface area contributed by atoms with Crippen molar-refractivity contribution >= 4 is 17.7 Å². The van der Waals surface area contributed by atoms with Crippen LogP contribution in [-0.4, -0.2) is 38.2 Å². The Labute approximate surface area is 145 Å². The molecular formula is C17H21N5O3. The van der Waals surface area contributed by atoms with Crippen LogP contribution in [0, 0.1) is 5.92 Å². The van der Waals surface area contributed by atoms with Crippen LogP contribution in [0.2, 0.25) is 0 Å². The zero-order chi connectivity index (χ0) is 17.4. The van der Waals surface area contributed by atoms with Crippen molar-refractivity contribution in [3.05, 3.63) is 29.5 Å². The zero-order valence-corrected chi connectivity index (χ0v) is 14.1. The first kappa shape index (κ1) is 15.9. The molecule has 1 atom stereocenters. The zero-order valence-electron chi connectivity index (χ0n) is 14.1. The number of anilines is 1. The standard InChI is InChI=1S/C17H21N5O3/c1-2-25-17(24)14-13(10-3-4-10)15(21-20-14)19-16(23)11-5-6-12-7-18-9-22(12)8-11/h7,9-11H,2-6,8H2,1H3,(H2,19,20,21,23). The van der Waals surface area contributed by atoms with Crippen LogP contribution >= 0.6 is 0 Å². The molecule has 132 valence electrons. The normalized spacial score (nSPS) is 19.3. The lowest BCUT2D eigenvalue weighted by Crippen LogP contribution is -2.31. The van der Waals surface area contributed by atoms with Gasteiger partial charge in [0.2, 0.25) is 5.91 Å². The van der Waals surface area contributed by atoms with Crippen LogP contribution < -0.4 is 5.32 Å². The number of nitrogens with zero attached hydrogens (tertiary/aromatic N) is 3. The first-order valence-corrected chi connectivity index (χ1v) is 8.72. The molecule has 0 saturated heterocycles. The Kier molecular flexibility index (Phi) is 4.03. The summed E-state index contributed by atoms with van der Waals surface area (Å²) in [5.41, 5.74) is 2.30. The van der Waals surface area contributed by atoms with Gasteiger partial charge in [-0.1, -0.05) is 0 Å². The number of hydrogen-bond donors (Lipinski definition) is 2. The van der Waals surface area contributed by atoms with Gasteiger partial charge in [0.25, 0.3) is 0 Å². The number of aromatic nitrogens is 4. The van der Waals surface area contributed by atoms with E-state index in [4.69, 9.17) is 4.74 Å². The number of ether oxygens (including phenoxy) is 1. The number of carbonyl (C=O) groups excluding carboxylic acids is 2. The van der Waals surface area contributed by atoms with Crippen LogP contribution in [0.15, 0.2) is 12.5 Å². The summed E-state index contributed by atoms with van der Waals surface area (Å²) < 4.78 is 7.10. The number of carbonyl (C=O) groups is 2. The van der Waals surface area contributed by atoms with Gasteiger partial charge in [0.15, 0.2) is 5.82 Å². The smallest absolute Gasteiger partial charge is 0.356 e. The summed E-state index contributed by atoms with van der Waals surface area (Å²) >= 11 is 0. The fraction of sp³-hybridized carbons (Fsp3) is 0.529. The quantitative estimate of drug-likeness (QED) is 0.807. The Bertz CT molecular complexity index is 805. The van der Waals surface area contributed by atoms with E-state index in [0.717, 1.165) is 36.9 Å². The van der Waals surface area contributed by atoms with Crippen molar-refractivity contribution in [3.8, 4) is 0 Å². The monoisotopic (exact) mass is 343 g/mol. The fourth-order valence-electron chi connectivity index (χ4n) is 3.38. The van der Waals surface area contributed by atoms with Crippen molar-refractivity contribution in [2.75, 3.05) is 11.9 Å². The van der Waals surface area contributed by atoms with E-state index in [1.54, 1.807) is 13.3 Å². The van der Waals surface area contributed by atoms with Gasteiger partial charge >= 0.3 is 5.97 Å². The Hall–Kier alpha value is -2.64. The summed E-state index contributed by atoms with van der Waals surface area (Å²) in [4.78, 5) is 28.9. The fourth-order valence-corrected chi connectivity index (χ4v) is 3.38. The number of nitrogens with one attached hydrogen (secondary N) is 2. The van der Waals surface area contributed by atoms with Gasteiger partial charge in [0, 0.05) is 24.0 Å². The van der Waals surface area contributed by atoms with E-state index in [-0.39, 0.29) is 17.7 Å².